The number of ketones is 1. The molecule has 0 radical (unpaired) electrons. The number of hydrogen-bond acceptors (Lipinski definition) is 7. The first-order chi connectivity index (χ1) is 16.7. The predicted octanol–water partition coefficient (Wildman–Crippen LogP) is 3.62. The summed E-state index contributed by atoms with van der Waals surface area (Å²) >= 11 is 0. The van der Waals surface area contributed by atoms with E-state index in [1.54, 1.807) is 18.2 Å². The van der Waals surface area contributed by atoms with Gasteiger partial charge in [-0.15, -0.1) is 0 Å². The molecule has 2 aromatic rings. The van der Waals surface area contributed by atoms with Crippen molar-refractivity contribution >= 4 is 17.4 Å². The Morgan fingerprint density at radius 1 is 1.06 bits per heavy atom. The molecule has 0 aliphatic carbocycles. The number of rotatable bonds is 10. The zero-order chi connectivity index (χ0) is 25.7. The fraction of sp³-hybridized carbons (Fsp3) is 0.385. The number of carbonyl (C=O) groups is 2. The fourth-order valence-corrected chi connectivity index (χ4v) is 3.96. The molecule has 0 bridgehead atoms. The van der Waals surface area contributed by atoms with E-state index in [1.165, 1.54) is 31.3 Å². The Balaban J connectivity index is 2.23. The quantitative estimate of drug-likeness (QED) is 0.312. The maximum Gasteiger partial charge on any atom is 0.295 e. The van der Waals surface area contributed by atoms with Crippen molar-refractivity contribution in [1.29, 1.82) is 0 Å². The van der Waals surface area contributed by atoms with Gasteiger partial charge in [-0.25, -0.2) is 4.39 Å². The zero-order valence-corrected chi connectivity index (χ0v) is 20.6. The summed E-state index contributed by atoms with van der Waals surface area (Å²) in [7, 11) is 6.60. The van der Waals surface area contributed by atoms with Crippen LogP contribution in [0.5, 0.6) is 17.2 Å². The second-order valence-electron chi connectivity index (χ2n) is 8.40. The van der Waals surface area contributed by atoms with Crippen LogP contribution < -0.4 is 14.2 Å². The number of ether oxygens (including phenoxy) is 3. The van der Waals surface area contributed by atoms with Gasteiger partial charge in [0.15, 0.2) is 11.5 Å². The Hall–Kier alpha value is -3.59. The third-order valence-electron chi connectivity index (χ3n) is 5.71. The van der Waals surface area contributed by atoms with E-state index >= 15 is 0 Å². The van der Waals surface area contributed by atoms with Gasteiger partial charge in [0.2, 0.25) is 0 Å². The number of halogens is 1. The lowest BCUT2D eigenvalue weighted by Crippen LogP contribution is -2.35. The van der Waals surface area contributed by atoms with Gasteiger partial charge in [-0.3, -0.25) is 9.59 Å². The SMILES string of the molecule is CCCOc1cc(C2/C(=C(\O)c3cc(F)ccc3OC)C(=O)C(=O)N2CCN(C)C)ccc1OC. The van der Waals surface area contributed by atoms with E-state index < -0.39 is 29.3 Å². The first kappa shape index (κ1) is 26.0. The molecule has 1 N–H and O–H groups in total. The molecule has 1 atom stereocenters. The second kappa shape index (κ2) is 11.2. The lowest BCUT2D eigenvalue weighted by atomic mass is 9.94. The topological polar surface area (TPSA) is 88.5 Å². The van der Waals surface area contributed by atoms with Gasteiger partial charge in [-0.05, 0) is 56.4 Å². The molecule has 1 unspecified atom stereocenters. The van der Waals surface area contributed by atoms with Gasteiger partial charge in [0, 0.05) is 13.1 Å². The van der Waals surface area contributed by atoms with Crippen LogP contribution in [0.4, 0.5) is 4.39 Å². The Labute approximate surface area is 204 Å². The highest BCUT2D eigenvalue weighted by molar-refractivity contribution is 6.46. The average Bonchev–Trinajstić information content (AvgIpc) is 3.10. The number of Topliss-reactive ketones (excluding diaryl/α,β-unsaturated/α-hetero) is 1. The summed E-state index contributed by atoms with van der Waals surface area (Å²) in [6.45, 7) is 3.14. The minimum atomic E-state index is -0.919. The number of aliphatic hydroxyl groups excluding tert-OH is 1. The number of benzene rings is 2. The summed E-state index contributed by atoms with van der Waals surface area (Å²) in [5, 5.41) is 11.3. The molecule has 1 heterocycles. The van der Waals surface area contributed by atoms with E-state index in [2.05, 4.69) is 0 Å². The Morgan fingerprint density at radius 2 is 1.74 bits per heavy atom. The molecule has 9 heteroatoms. The normalized spacial score (nSPS) is 17.2. The van der Waals surface area contributed by atoms with E-state index in [0.29, 0.717) is 30.2 Å². The lowest BCUT2D eigenvalue weighted by Gasteiger charge is -2.27. The molecule has 0 spiro atoms. The second-order valence-corrected chi connectivity index (χ2v) is 8.40. The van der Waals surface area contributed by atoms with E-state index in [0.717, 1.165) is 12.5 Å². The number of amides is 1. The average molecular weight is 487 g/mol. The van der Waals surface area contributed by atoms with Crippen LogP contribution in [0.15, 0.2) is 42.0 Å². The van der Waals surface area contributed by atoms with Gasteiger partial charge >= 0.3 is 0 Å². The molecule has 8 nitrogen and oxygen atoms in total. The van der Waals surface area contributed by atoms with Crippen molar-refractivity contribution in [2.75, 3.05) is 48.0 Å². The summed E-state index contributed by atoms with van der Waals surface area (Å²) in [5.41, 5.74) is 0.384. The molecule has 2 aromatic carbocycles. The third-order valence-corrected chi connectivity index (χ3v) is 5.71. The molecule has 0 saturated carbocycles. The molecule has 1 aliphatic rings. The molecule has 188 valence electrons. The highest BCUT2D eigenvalue weighted by Gasteiger charge is 2.46. The zero-order valence-electron chi connectivity index (χ0n) is 20.6. The van der Waals surface area contributed by atoms with Crippen LogP contribution in [0.25, 0.3) is 5.76 Å². The Morgan fingerprint density at radius 3 is 2.37 bits per heavy atom. The van der Waals surface area contributed by atoms with Crippen LogP contribution in [-0.2, 0) is 9.59 Å². The number of hydrogen-bond donors (Lipinski definition) is 1. The number of likely N-dealkylation sites (tertiary alicyclic amines) is 1. The first-order valence-electron chi connectivity index (χ1n) is 11.3. The van der Waals surface area contributed by atoms with Gasteiger partial charge in [0.05, 0.1) is 38.0 Å². The van der Waals surface area contributed by atoms with E-state index in [4.69, 9.17) is 14.2 Å². The summed E-state index contributed by atoms with van der Waals surface area (Å²) in [4.78, 5) is 29.6. The summed E-state index contributed by atoms with van der Waals surface area (Å²) < 4.78 is 30.6. The molecule has 1 aliphatic heterocycles. The van der Waals surface area contributed by atoms with E-state index in [9.17, 15) is 19.1 Å². The first-order valence-corrected chi connectivity index (χ1v) is 11.3. The number of likely N-dealkylation sites (N-methyl/N-ethyl adjacent to an activating group) is 1. The molecular formula is C26H31FN2O6. The molecule has 0 aromatic heterocycles. The van der Waals surface area contributed by atoms with Crippen LogP contribution in [0.3, 0.4) is 0 Å². The number of nitrogens with zero attached hydrogens (tertiary/aromatic N) is 2. The van der Waals surface area contributed by atoms with Gasteiger partial charge < -0.3 is 29.1 Å². The van der Waals surface area contributed by atoms with Gasteiger partial charge in [-0.2, -0.15) is 0 Å². The van der Waals surface area contributed by atoms with Gasteiger partial charge in [-0.1, -0.05) is 13.0 Å². The van der Waals surface area contributed by atoms with Crippen LogP contribution >= 0.6 is 0 Å². The molecular weight excluding hydrogens is 455 g/mol. The monoisotopic (exact) mass is 486 g/mol. The Bertz CT molecular complexity index is 1130. The van der Waals surface area contributed by atoms with Gasteiger partial charge in [0.25, 0.3) is 11.7 Å². The molecule has 35 heavy (non-hydrogen) atoms. The molecule has 1 amide bonds. The van der Waals surface area contributed by atoms with E-state index in [1.807, 2.05) is 25.9 Å². The summed E-state index contributed by atoms with van der Waals surface area (Å²) in [6, 6.07) is 7.79. The van der Waals surface area contributed by atoms with Crippen LogP contribution in [0.2, 0.25) is 0 Å². The molecule has 1 saturated heterocycles. The van der Waals surface area contributed by atoms with Crippen LogP contribution in [0, 0.1) is 5.82 Å². The standard InChI is InChI=1S/C26H31FN2O6/c1-6-13-35-21-14-16(7-9-20(21)34-5)23-22(25(31)26(32)29(23)12-11-28(2)3)24(30)18-15-17(27)8-10-19(18)33-4/h7-10,14-15,23,30H,6,11-13H2,1-5H3/b24-22+. The maximum atomic E-state index is 14.1. The largest absolute Gasteiger partial charge is 0.507 e. The van der Waals surface area contributed by atoms with Crippen molar-refractivity contribution in [3.63, 3.8) is 0 Å². The number of carbonyl (C=O) groups excluding carboxylic acids is 2. The molecule has 1 fully saturated rings. The Kier molecular flexibility index (Phi) is 8.34. The summed E-state index contributed by atoms with van der Waals surface area (Å²) in [6.07, 6.45) is 0.772. The van der Waals surface area contributed by atoms with Crippen molar-refractivity contribution in [1.82, 2.24) is 9.80 Å². The van der Waals surface area contributed by atoms with Crippen LogP contribution in [0.1, 0.15) is 30.5 Å². The number of aliphatic hydroxyl groups is 1. The lowest BCUT2D eigenvalue weighted by molar-refractivity contribution is -0.140. The summed E-state index contributed by atoms with van der Waals surface area (Å²) in [5.74, 6) is -1.61. The fourth-order valence-electron chi connectivity index (χ4n) is 3.96. The smallest absolute Gasteiger partial charge is 0.295 e. The van der Waals surface area contributed by atoms with Crippen molar-refractivity contribution < 1.29 is 33.3 Å². The highest BCUT2D eigenvalue weighted by Crippen LogP contribution is 2.43. The van der Waals surface area contributed by atoms with Gasteiger partial charge in [0.1, 0.15) is 17.3 Å². The van der Waals surface area contributed by atoms with Crippen molar-refractivity contribution in [2.24, 2.45) is 0 Å². The van der Waals surface area contributed by atoms with Crippen molar-refractivity contribution in [3.8, 4) is 17.2 Å². The maximum absolute atomic E-state index is 14.1. The predicted molar refractivity (Wildman–Crippen MR) is 129 cm³/mol. The highest BCUT2D eigenvalue weighted by atomic mass is 19.1. The van der Waals surface area contributed by atoms with Crippen molar-refractivity contribution in [2.45, 2.75) is 19.4 Å². The van der Waals surface area contributed by atoms with E-state index in [-0.39, 0.29) is 23.4 Å². The van der Waals surface area contributed by atoms with Crippen molar-refractivity contribution in [3.05, 3.63) is 58.9 Å². The van der Waals surface area contributed by atoms with Crippen LogP contribution in [-0.4, -0.2) is 74.6 Å². The molecule has 3 rings (SSSR count). The minimum absolute atomic E-state index is 0.0147. The number of methoxy groups -OCH3 is 2. The minimum Gasteiger partial charge on any atom is -0.507 e. The third kappa shape index (κ3) is 5.40.